The number of imide groups is 1. The molecule has 0 spiro atoms. The fraction of sp³-hybridized carbons (Fsp3) is 0.227. The van der Waals surface area contributed by atoms with Gasteiger partial charge in [-0.1, -0.05) is 36.4 Å². The number of fused-ring (bicyclic) bond motifs is 1. The molecule has 1 unspecified atom stereocenters. The fourth-order valence-electron chi connectivity index (χ4n) is 3.59. The van der Waals surface area contributed by atoms with Crippen molar-refractivity contribution in [1.29, 1.82) is 0 Å². The second kappa shape index (κ2) is 7.79. The van der Waals surface area contributed by atoms with E-state index in [1.54, 1.807) is 0 Å². The Morgan fingerprint density at radius 1 is 1.07 bits per heavy atom. The van der Waals surface area contributed by atoms with E-state index in [9.17, 15) is 14.4 Å². The minimum atomic E-state index is -0.676. The van der Waals surface area contributed by atoms with Crippen LogP contribution in [0.4, 0.5) is 10.5 Å². The predicted octanol–water partition coefficient (Wildman–Crippen LogP) is 3.02. The first-order valence-electron chi connectivity index (χ1n) is 9.52. The van der Waals surface area contributed by atoms with Crippen molar-refractivity contribution < 1.29 is 14.4 Å². The van der Waals surface area contributed by atoms with Gasteiger partial charge in [-0.25, -0.2) is 4.79 Å². The van der Waals surface area contributed by atoms with Gasteiger partial charge in [0, 0.05) is 30.6 Å². The average Bonchev–Trinajstić information content (AvgIpc) is 3.23. The highest BCUT2D eigenvalue weighted by Crippen LogP contribution is 2.24. The Labute approximate surface area is 168 Å². The van der Waals surface area contributed by atoms with Crippen LogP contribution in [0.5, 0.6) is 0 Å². The van der Waals surface area contributed by atoms with Crippen molar-refractivity contribution >= 4 is 34.4 Å². The molecule has 0 bridgehead atoms. The van der Waals surface area contributed by atoms with Crippen molar-refractivity contribution in [1.82, 2.24) is 14.8 Å². The summed E-state index contributed by atoms with van der Waals surface area (Å²) in [4.78, 5) is 38.4. The predicted molar refractivity (Wildman–Crippen MR) is 110 cm³/mol. The molecule has 0 aliphatic carbocycles. The third-order valence-corrected chi connectivity index (χ3v) is 5.15. The molecule has 2 N–H and O–H groups in total. The smallest absolute Gasteiger partial charge is 0.325 e. The monoisotopic (exact) mass is 390 g/mol. The number of carbonyl (C=O) groups is 3. The van der Waals surface area contributed by atoms with Crippen molar-refractivity contribution in [2.75, 3.05) is 5.32 Å². The Morgan fingerprint density at radius 2 is 1.86 bits per heavy atom. The van der Waals surface area contributed by atoms with Crippen molar-refractivity contribution in [3.05, 3.63) is 66.4 Å². The maximum absolute atomic E-state index is 12.6. The normalized spacial score (nSPS) is 16.3. The van der Waals surface area contributed by atoms with E-state index in [2.05, 4.69) is 10.6 Å². The summed E-state index contributed by atoms with van der Waals surface area (Å²) in [6, 6.07) is 15.9. The standard InChI is InChI=1S/C22H22N4O3/c1-25-13-12-16-17(8-5-9-19(16)25)23-20(27)11-10-18-21(28)26(22(29)24-18)14-15-6-3-2-4-7-15/h2-9,12-13,18H,10-11,14H2,1H3,(H,23,27)(H,24,29). The quantitative estimate of drug-likeness (QED) is 0.635. The van der Waals surface area contributed by atoms with Crippen molar-refractivity contribution in [3.8, 4) is 0 Å². The van der Waals surface area contributed by atoms with Gasteiger partial charge in [0.25, 0.3) is 5.91 Å². The van der Waals surface area contributed by atoms with Crippen LogP contribution < -0.4 is 10.6 Å². The number of nitrogens with zero attached hydrogens (tertiary/aromatic N) is 2. The topological polar surface area (TPSA) is 83.4 Å². The van der Waals surface area contributed by atoms with Crippen LogP contribution in [0.2, 0.25) is 0 Å². The number of rotatable bonds is 6. The van der Waals surface area contributed by atoms with Crippen LogP contribution in [-0.4, -0.2) is 33.4 Å². The number of aromatic nitrogens is 1. The highest BCUT2D eigenvalue weighted by molar-refractivity contribution is 6.05. The molecule has 1 fully saturated rings. The van der Waals surface area contributed by atoms with Crippen LogP contribution in [0, 0.1) is 0 Å². The molecule has 7 heteroatoms. The van der Waals surface area contributed by atoms with E-state index in [-0.39, 0.29) is 31.2 Å². The van der Waals surface area contributed by atoms with E-state index in [0.717, 1.165) is 22.2 Å². The number of urea groups is 1. The van der Waals surface area contributed by atoms with Gasteiger partial charge in [0.1, 0.15) is 6.04 Å². The summed E-state index contributed by atoms with van der Waals surface area (Å²) in [6.07, 6.45) is 2.33. The molecule has 2 heterocycles. The molecule has 29 heavy (non-hydrogen) atoms. The van der Waals surface area contributed by atoms with Gasteiger partial charge in [-0.05, 0) is 30.2 Å². The zero-order valence-corrected chi connectivity index (χ0v) is 16.1. The lowest BCUT2D eigenvalue weighted by atomic mass is 10.1. The molecule has 4 amide bonds. The molecule has 1 aromatic heterocycles. The van der Waals surface area contributed by atoms with Crippen LogP contribution in [0.3, 0.4) is 0 Å². The van der Waals surface area contributed by atoms with Crippen molar-refractivity contribution in [2.45, 2.75) is 25.4 Å². The van der Waals surface area contributed by atoms with Gasteiger partial charge < -0.3 is 15.2 Å². The first-order valence-corrected chi connectivity index (χ1v) is 9.52. The summed E-state index contributed by atoms with van der Waals surface area (Å²) in [5.74, 6) is -0.485. The Bertz CT molecular complexity index is 1070. The van der Waals surface area contributed by atoms with E-state index < -0.39 is 12.1 Å². The first-order chi connectivity index (χ1) is 14.0. The summed E-state index contributed by atoms with van der Waals surface area (Å²) >= 11 is 0. The van der Waals surface area contributed by atoms with Gasteiger partial charge in [0.05, 0.1) is 12.2 Å². The number of anilines is 1. The lowest BCUT2D eigenvalue weighted by Gasteiger charge is -2.13. The van der Waals surface area contributed by atoms with Gasteiger partial charge in [-0.3, -0.25) is 14.5 Å². The molecular formula is C22H22N4O3. The zero-order valence-electron chi connectivity index (χ0n) is 16.1. The lowest BCUT2D eigenvalue weighted by Crippen LogP contribution is -2.31. The maximum Gasteiger partial charge on any atom is 0.325 e. The average molecular weight is 390 g/mol. The van der Waals surface area contributed by atoms with Gasteiger partial charge in [-0.2, -0.15) is 0 Å². The molecule has 2 aromatic carbocycles. The second-order valence-electron chi connectivity index (χ2n) is 7.16. The number of benzene rings is 2. The van der Waals surface area contributed by atoms with Crippen LogP contribution in [-0.2, 0) is 23.2 Å². The summed E-state index contributed by atoms with van der Waals surface area (Å²) in [5.41, 5.74) is 2.64. The van der Waals surface area contributed by atoms with E-state index >= 15 is 0 Å². The lowest BCUT2D eigenvalue weighted by molar-refractivity contribution is -0.128. The van der Waals surface area contributed by atoms with E-state index in [0.29, 0.717) is 0 Å². The van der Waals surface area contributed by atoms with Gasteiger partial charge in [-0.15, -0.1) is 0 Å². The van der Waals surface area contributed by atoms with Gasteiger partial charge in [0.2, 0.25) is 5.91 Å². The second-order valence-corrected chi connectivity index (χ2v) is 7.16. The molecular weight excluding hydrogens is 368 g/mol. The number of hydrogen-bond acceptors (Lipinski definition) is 3. The number of carbonyl (C=O) groups excluding carboxylic acids is 3. The molecule has 0 saturated carbocycles. The molecule has 0 radical (unpaired) electrons. The van der Waals surface area contributed by atoms with Crippen LogP contribution >= 0.6 is 0 Å². The maximum atomic E-state index is 12.6. The van der Waals surface area contributed by atoms with Crippen LogP contribution in [0.15, 0.2) is 60.8 Å². The molecule has 1 aliphatic heterocycles. The van der Waals surface area contributed by atoms with Gasteiger partial charge in [0.15, 0.2) is 0 Å². The largest absolute Gasteiger partial charge is 0.350 e. The van der Waals surface area contributed by atoms with Crippen LogP contribution in [0.25, 0.3) is 10.9 Å². The Morgan fingerprint density at radius 3 is 2.66 bits per heavy atom. The zero-order chi connectivity index (χ0) is 20.4. The molecule has 7 nitrogen and oxygen atoms in total. The Hall–Kier alpha value is -3.61. The number of nitrogens with one attached hydrogen (secondary N) is 2. The minimum absolute atomic E-state index is 0.138. The number of hydrogen-bond donors (Lipinski definition) is 2. The summed E-state index contributed by atoms with van der Waals surface area (Å²) in [7, 11) is 1.95. The summed E-state index contributed by atoms with van der Waals surface area (Å²) in [6.45, 7) is 0.226. The van der Waals surface area contributed by atoms with E-state index in [1.165, 1.54) is 4.90 Å². The van der Waals surface area contributed by atoms with E-state index in [4.69, 9.17) is 0 Å². The highest BCUT2D eigenvalue weighted by atomic mass is 16.2. The number of amides is 4. The fourth-order valence-corrected chi connectivity index (χ4v) is 3.59. The summed E-state index contributed by atoms with van der Waals surface area (Å²) in [5, 5.41) is 6.55. The van der Waals surface area contributed by atoms with Crippen molar-refractivity contribution in [2.24, 2.45) is 7.05 Å². The Balaban J connectivity index is 1.35. The molecule has 1 aliphatic rings. The summed E-state index contributed by atoms with van der Waals surface area (Å²) < 4.78 is 1.99. The third kappa shape index (κ3) is 3.85. The van der Waals surface area contributed by atoms with Crippen molar-refractivity contribution in [3.63, 3.8) is 0 Å². The molecule has 3 aromatic rings. The SMILES string of the molecule is Cn1ccc2c(NC(=O)CCC3NC(=O)N(Cc4ccccc4)C3=O)cccc21. The Kier molecular flexibility index (Phi) is 5.03. The highest BCUT2D eigenvalue weighted by Gasteiger charge is 2.37. The molecule has 4 rings (SSSR count). The first kappa shape index (κ1) is 18.7. The molecule has 1 atom stereocenters. The molecule has 148 valence electrons. The molecule has 1 saturated heterocycles. The minimum Gasteiger partial charge on any atom is -0.350 e. The third-order valence-electron chi connectivity index (χ3n) is 5.15. The number of aryl methyl sites for hydroxylation is 1. The van der Waals surface area contributed by atoms with E-state index in [1.807, 2.05) is 72.4 Å². The van der Waals surface area contributed by atoms with Crippen LogP contribution in [0.1, 0.15) is 18.4 Å². The van der Waals surface area contributed by atoms with Gasteiger partial charge >= 0.3 is 6.03 Å².